The van der Waals surface area contributed by atoms with E-state index in [0.717, 1.165) is 33.0 Å². The smallest absolute Gasteiger partial charge is 0.0630 e. The van der Waals surface area contributed by atoms with Crippen LogP contribution in [-0.2, 0) is 6.42 Å². The number of nitrogens with zero attached hydrogens (tertiary/aromatic N) is 3. The number of anilines is 6. The molecule has 15 aromatic rings. The lowest BCUT2D eigenvalue weighted by Gasteiger charge is -2.47. The minimum atomic E-state index is -1.18. The predicted molar refractivity (Wildman–Crippen MR) is 375 cm³/mol. The van der Waals surface area contributed by atoms with Gasteiger partial charge in [-0.2, -0.15) is 0 Å². The monoisotopic (exact) mass is 1170 g/mol. The summed E-state index contributed by atoms with van der Waals surface area (Å²) < 4.78 is 254. The number of rotatable bonds is 9. The predicted octanol–water partition coefficient (Wildman–Crippen LogP) is 22.9. The molecule has 1 atom stereocenters. The lowest BCUT2D eigenvalue weighted by molar-refractivity contribution is 0.869. The van der Waals surface area contributed by atoms with Gasteiger partial charge >= 0.3 is 0 Å². The van der Waals surface area contributed by atoms with Crippen LogP contribution in [0.3, 0.4) is 0 Å². The van der Waals surface area contributed by atoms with E-state index in [-0.39, 0.29) is 28.3 Å². The highest BCUT2D eigenvalue weighted by molar-refractivity contribution is 6.10. The Morgan fingerprint density at radius 1 is 0.300 bits per heavy atom. The minimum absolute atomic E-state index is 0.0115. The van der Waals surface area contributed by atoms with Crippen molar-refractivity contribution in [1.82, 2.24) is 4.57 Å². The summed E-state index contributed by atoms with van der Waals surface area (Å²) >= 11 is 0. The van der Waals surface area contributed by atoms with Crippen molar-refractivity contribution in [2.24, 2.45) is 0 Å². The second-order valence-corrected chi connectivity index (χ2v) is 22.3. The van der Waals surface area contributed by atoms with Crippen molar-refractivity contribution in [2.75, 3.05) is 9.80 Å². The molecule has 3 heteroatoms. The fraction of sp³-hybridized carbons (Fsp3) is 0.0345. The molecule has 0 N–H and O–H groups in total. The van der Waals surface area contributed by atoms with Crippen LogP contribution in [0.5, 0.6) is 0 Å². The molecule has 0 spiro atoms. The van der Waals surface area contributed by atoms with E-state index in [2.05, 4.69) is 0 Å². The molecule has 0 bridgehead atoms. The molecule has 3 heterocycles. The molecule has 18 rings (SSSR count). The van der Waals surface area contributed by atoms with Gasteiger partial charge in [0.15, 0.2) is 0 Å². The first-order chi connectivity index (χ1) is 55.5. The van der Waals surface area contributed by atoms with Gasteiger partial charge in [-0.05, 0) is 127 Å². The topological polar surface area (TPSA) is 11.4 Å². The fourth-order valence-electron chi connectivity index (χ4n) is 14.0. The van der Waals surface area contributed by atoms with Crippen LogP contribution in [0.15, 0.2) is 333 Å². The average Bonchev–Trinajstić information content (AvgIpc) is 0.705. The Morgan fingerprint density at radius 2 is 0.756 bits per heavy atom. The van der Waals surface area contributed by atoms with Gasteiger partial charge in [-0.3, -0.25) is 0 Å². The second-order valence-electron chi connectivity index (χ2n) is 22.3. The van der Waals surface area contributed by atoms with Crippen LogP contribution in [0.25, 0.3) is 83.1 Å². The summed E-state index contributed by atoms with van der Waals surface area (Å²) in [7, 11) is 0. The summed E-state index contributed by atoms with van der Waals surface area (Å²) in [5.74, 6) is -2.06. The van der Waals surface area contributed by atoms with Gasteiger partial charge in [0.05, 0.1) is 80.8 Å². The van der Waals surface area contributed by atoms with Crippen molar-refractivity contribution in [2.45, 2.75) is 18.3 Å². The first-order valence-corrected chi connectivity index (χ1v) is 29.3. The number of hydrogen-bond donors (Lipinski definition) is 0. The molecule has 0 amide bonds. The number of hydrogen-bond acceptors (Lipinski definition) is 2. The molecule has 1 unspecified atom stereocenters. The molecule has 422 valence electrons. The number of fused-ring (bicyclic) bond motifs is 9. The van der Waals surface area contributed by atoms with E-state index in [1.165, 1.54) is 4.90 Å². The highest BCUT2D eigenvalue weighted by Gasteiger charge is 2.45. The molecule has 90 heavy (non-hydrogen) atoms. The van der Waals surface area contributed by atoms with Gasteiger partial charge < -0.3 is 14.4 Å². The van der Waals surface area contributed by atoms with Crippen molar-refractivity contribution >= 4 is 55.9 Å². The Hall–Kier alpha value is -11.5. The molecule has 3 aliphatic rings. The van der Waals surface area contributed by atoms with Crippen LogP contribution in [0.2, 0.25) is 0 Å². The van der Waals surface area contributed by atoms with Gasteiger partial charge in [-0.15, -0.1) is 0 Å². The third kappa shape index (κ3) is 8.20. The zero-order valence-corrected chi connectivity index (χ0v) is 47.4. The molecule has 14 aromatic carbocycles. The summed E-state index contributed by atoms with van der Waals surface area (Å²) in [6.07, 6.45) is 0.429. The molecule has 0 saturated carbocycles. The van der Waals surface area contributed by atoms with Crippen molar-refractivity contribution in [3.63, 3.8) is 0 Å². The van der Waals surface area contributed by atoms with Crippen molar-refractivity contribution in [3.8, 4) is 61.3 Å². The summed E-state index contributed by atoms with van der Waals surface area (Å²) in [5, 5.41) is 1.68. The van der Waals surface area contributed by atoms with Crippen LogP contribution in [0.1, 0.15) is 92.0 Å². The van der Waals surface area contributed by atoms with Crippen molar-refractivity contribution in [3.05, 3.63) is 378 Å². The first kappa shape index (κ1) is 31.9. The molecule has 0 saturated heterocycles. The van der Waals surface area contributed by atoms with Crippen molar-refractivity contribution < 1.29 is 35.6 Å². The number of benzene rings is 14. The van der Waals surface area contributed by atoms with Crippen LogP contribution in [0, 0.1) is 0 Å². The lowest BCUT2D eigenvalue weighted by Crippen LogP contribution is -2.31. The largest absolute Gasteiger partial charge is 0.309 e. The molecular weight excluding hydrogens is 1090 g/mol. The highest BCUT2D eigenvalue weighted by Crippen LogP contribution is 2.65. The maximum absolute atomic E-state index is 10.5. The maximum Gasteiger partial charge on any atom is 0.0630 e. The third-order valence-corrected chi connectivity index (χ3v) is 17.6. The van der Waals surface area contributed by atoms with E-state index in [0.29, 0.717) is 51.0 Å². The quantitative estimate of drug-likeness (QED) is 0.143. The Labute approximate surface area is 561 Å². The van der Waals surface area contributed by atoms with E-state index in [1.807, 2.05) is 168 Å². The first-order valence-electron chi connectivity index (χ1n) is 42.3. The van der Waals surface area contributed by atoms with Gasteiger partial charge in [0, 0.05) is 56.1 Å². The minimum Gasteiger partial charge on any atom is -0.309 e. The molecule has 3 nitrogen and oxygen atoms in total. The Kier molecular flexibility index (Phi) is 7.49. The van der Waals surface area contributed by atoms with Crippen LogP contribution in [-0.4, -0.2) is 4.57 Å². The van der Waals surface area contributed by atoms with Crippen molar-refractivity contribution in [1.29, 1.82) is 0 Å². The van der Waals surface area contributed by atoms with Gasteiger partial charge in [-0.1, -0.05) is 284 Å². The van der Waals surface area contributed by atoms with Gasteiger partial charge in [0.25, 0.3) is 0 Å². The third-order valence-electron chi connectivity index (χ3n) is 17.6. The van der Waals surface area contributed by atoms with E-state index in [9.17, 15) is 30.2 Å². The maximum atomic E-state index is 10.5. The van der Waals surface area contributed by atoms with E-state index in [4.69, 9.17) is 5.48 Å². The zero-order chi connectivity index (χ0) is 81.9. The summed E-state index contributed by atoms with van der Waals surface area (Å²) in [6, 6.07) is 31.2. The molecular formula is C87H59N3. The Balaban J connectivity index is 1.14. The second kappa shape index (κ2) is 21.1. The van der Waals surface area contributed by atoms with Gasteiger partial charge in [0.1, 0.15) is 0 Å². The summed E-state index contributed by atoms with van der Waals surface area (Å²) in [4.78, 5) is 3.09. The van der Waals surface area contributed by atoms with Crippen LogP contribution >= 0.6 is 0 Å². The fourth-order valence-corrected chi connectivity index (χ4v) is 14.0. The number of aromatic nitrogens is 1. The van der Waals surface area contributed by atoms with Crippen LogP contribution < -0.4 is 9.80 Å². The number of para-hydroxylation sites is 4. The highest BCUT2D eigenvalue weighted by atomic mass is 15.2. The molecule has 0 fully saturated rings. The van der Waals surface area contributed by atoms with Gasteiger partial charge in [-0.25, -0.2) is 0 Å². The standard InChI is InChI=1S/C87H59N3/c1-6-26-57(27-7-1)62-48-51-79-76(53-62)84-75-50-49-66(88-77-46-22-20-40-73(77)74-41-21-23-47-78(74)88)56-80(75)90(87-71(60-32-12-4-13-33-60)44-25-45-72(87)61-34-14-5-15-35-61)82-55-65(83-67-38-18-16-36-63(67)52-64-37-17-19-39-68(64)83)54-81(85(82)84)89(79)86-69(58-28-8-2-9-29-58)42-24-43-70(86)59-30-10-3-11-31-59/h1-51,53-56,83-84H,52H2/i2D,3D,4D,5D,8D,9D,10D,11D,12D,13D,14D,15D,24D,25D,28D,29D,30D,31D,32D,33D,34D,35D,42D,43D,44D,45D. The van der Waals surface area contributed by atoms with E-state index in [1.54, 1.807) is 17.0 Å². The molecule has 2 aliphatic heterocycles. The molecule has 0 radical (unpaired) electrons. The SMILES string of the molecule is [2H]c1c([2H])c([2H])c(-c2c([2H])c([2H])c([2H])c(-c3c([2H])c([2H])c([2H])c([2H])c3[2H])c2N2c3ccc(-c4ccccc4)cc3C3c4ccc(-n5c6ccccc6c6ccccc65)cc4N(c4c(-c5c([2H])c([2H])c([2H])c([2H])c5[2H])c([2H])c([2H])c([2H])c4-c4c([2H])c([2H])c([2H])c([2H])c4[2H])c4cc(C5c6ccccc6Cc6ccccc65)cc2c43)c([2H])c1[2H]. The van der Waals surface area contributed by atoms with Gasteiger partial charge in [0.2, 0.25) is 0 Å². The molecule has 1 aliphatic carbocycles. The lowest BCUT2D eigenvalue weighted by atomic mass is 9.71. The zero-order valence-electron chi connectivity index (χ0n) is 73.4. The summed E-state index contributed by atoms with van der Waals surface area (Å²) in [6.45, 7) is 0. The molecule has 1 aromatic heterocycles. The average molecular weight is 1170 g/mol. The van der Waals surface area contributed by atoms with Crippen LogP contribution in [0.4, 0.5) is 34.1 Å². The van der Waals surface area contributed by atoms with E-state index >= 15 is 0 Å². The Bertz CT molecular complexity index is 6530. The normalized spacial score (nSPS) is 17.8. The van der Waals surface area contributed by atoms with E-state index < -0.39 is 225 Å². The Morgan fingerprint density at radius 3 is 1.27 bits per heavy atom. The summed E-state index contributed by atoms with van der Waals surface area (Å²) in [5.41, 5.74) is 1.55.